The normalized spacial score (nSPS) is 15.0. The van der Waals surface area contributed by atoms with E-state index in [1.165, 1.54) is 11.1 Å². The van der Waals surface area contributed by atoms with Gasteiger partial charge in [0, 0.05) is 0 Å². The quantitative estimate of drug-likeness (QED) is 0.799. The summed E-state index contributed by atoms with van der Waals surface area (Å²) < 4.78 is 11.2. The summed E-state index contributed by atoms with van der Waals surface area (Å²) in [6, 6.07) is 4.16. The average molecular weight is 238 g/mol. The van der Waals surface area contributed by atoms with Crippen LogP contribution in [0.1, 0.15) is 25.0 Å². The summed E-state index contributed by atoms with van der Waals surface area (Å²) in [4.78, 5) is 0. The van der Waals surface area contributed by atoms with Crippen molar-refractivity contribution in [3.63, 3.8) is 0 Å². The van der Waals surface area contributed by atoms with Crippen LogP contribution in [0, 0.1) is 6.92 Å². The van der Waals surface area contributed by atoms with Gasteiger partial charge in [0.1, 0.15) is 13.2 Å². The molecule has 0 amide bonds. The van der Waals surface area contributed by atoms with Crippen molar-refractivity contribution in [3.8, 4) is 11.5 Å². The van der Waals surface area contributed by atoms with E-state index in [1.54, 1.807) is 0 Å². The topological polar surface area (TPSA) is 18.5 Å². The third kappa shape index (κ3) is 2.01. The Labute approximate surface area is 102 Å². The fourth-order valence-electron chi connectivity index (χ4n) is 2.00. The Bertz CT molecular complexity index is 399. The number of hydrogen-bond donors (Lipinski definition) is 1. The molecule has 0 fully saturated rings. The molecular weight excluding hydrogens is 220 g/mol. The van der Waals surface area contributed by atoms with Crippen LogP contribution < -0.4 is 9.47 Å². The van der Waals surface area contributed by atoms with Crippen LogP contribution >= 0.6 is 12.6 Å². The van der Waals surface area contributed by atoms with Gasteiger partial charge in [-0.1, -0.05) is 13.8 Å². The maximum Gasteiger partial charge on any atom is 0.161 e. The first-order valence-corrected chi connectivity index (χ1v) is 6.19. The third-order valence-corrected chi connectivity index (χ3v) is 3.80. The van der Waals surface area contributed by atoms with Gasteiger partial charge < -0.3 is 9.47 Å². The van der Waals surface area contributed by atoms with Crippen molar-refractivity contribution in [1.82, 2.24) is 0 Å². The van der Waals surface area contributed by atoms with Crippen molar-refractivity contribution in [2.24, 2.45) is 0 Å². The summed E-state index contributed by atoms with van der Waals surface area (Å²) in [5.74, 6) is 2.54. The van der Waals surface area contributed by atoms with Gasteiger partial charge in [-0.3, -0.25) is 0 Å². The molecule has 0 atom stereocenters. The zero-order valence-corrected chi connectivity index (χ0v) is 10.9. The highest BCUT2D eigenvalue weighted by molar-refractivity contribution is 7.80. The number of rotatable bonds is 2. The highest BCUT2D eigenvalue weighted by Crippen LogP contribution is 2.37. The van der Waals surface area contributed by atoms with Crippen LogP contribution in [-0.2, 0) is 5.41 Å². The van der Waals surface area contributed by atoms with Gasteiger partial charge in [-0.2, -0.15) is 12.6 Å². The maximum absolute atomic E-state index is 5.61. The molecule has 0 aromatic heterocycles. The minimum atomic E-state index is 0.0586. The summed E-state index contributed by atoms with van der Waals surface area (Å²) >= 11 is 4.41. The van der Waals surface area contributed by atoms with E-state index in [4.69, 9.17) is 9.47 Å². The molecule has 1 aromatic rings. The SMILES string of the molecule is Cc1cc2c(cc1C(C)(C)CS)OCCO2. The Morgan fingerprint density at radius 3 is 2.31 bits per heavy atom. The molecule has 88 valence electrons. The van der Waals surface area contributed by atoms with Gasteiger partial charge >= 0.3 is 0 Å². The minimum Gasteiger partial charge on any atom is -0.486 e. The first-order valence-electron chi connectivity index (χ1n) is 5.56. The summed E-state index contributed by atoms with van der Waals surface area (Å²) in [7, 11) is 0. The molecule has 2 rings (SSSR count). The van der Waals surface area contributed by atoms with E-state index in [0.717, 1.165) is 17.3 Å². The first kappa shape index (κ1) is 11.6. The second kappa shape index (κ2) is 4.21. The molecule has 1 aliphatic heterocycles. The van der Waals surface area contributed by atoms with Gasteiger partial charge in [0.05, 0.1) is 0 Å². The van der Waals surface area contributed by atoms with Crippen molar-refractivity contribution in [3.05, 3.63) is 23.3 Å². The Balaban J connectivity index is 2.47. The highest BCUT2D eigenvalue weighted by atomic mass is 32.1. The Morgan fingerprint density at radius 1 is 1.19 bits per heavy atom. The second-order valence-electron chi connectivity index (χ2n) is 4.85. The molecular formula is C13H18O2S. The lowest BCUT2D eigenvalue weighted by atomic mass is 9.83. The molecule has 0 unspecified atom stereocenters. The third-order valence-electron chi connectivity index (χ3n) is 3.01. The van der Waals surface area contributed by atoms with Crippen molar-refractivity contribution < 1.29 is 9.47 Å². The molecule has 0 bridgehead atoms. The smallest absolute Gasteiger partial charge is 0.161 e. The largest absolute Gasteiger partial charge is 0.486 e. The number of thiol groups is 1. The van der Waals surface area contributed by atoms with Crippen molar-refractivity contribution >= 4 is 12.6 Å². The fourth-order valence-corrected chi connectivity index (χ4v) is 2.18. The molecule has 1 heterocycles. The van der Waals surface area contributed by atoms with Crippen LogP contribution in [0.5, 0.6) is 11.5 Å². The molecule has 1 aliphatic rings. The van der Waals surface area contributed by atoms with Crippen LogP contribution in [0.15, 0.2) is 12.1 Å². The van der Waals surface area contributed by atoms with Crippen molar-refractivity contribution in [2.75, 3.05) is 19.0 Å². The van der Waals surface area contributed by atoms with Crippen LogP contribution in [0.3, 0.4) is 0 Å². The van der Waals surface area contributed by atoms with E-state index >= 15 is 0 Å². The van der Waals surface area contributed by atoms with E-state index in [1.807, 2.05) is 0 Å². The monoisotopic (exact) mass is 238 g/mol. The second-order valence-corrected chi connectivity index (χ2v) is 5.17. The van der Waals surface area contributed by atoms with Crippen molar-refractivity contribution in [2.45, 2.75) is 26.2 Å². The fraction of sp³-hybridized carbons (Fsp3) is 0.538. The average Bonchev–Trinajstić information content (AvgIpc) is 2.28. The van der Waals surface area contributed by atoms with Crippen LogP contribution in [0.4, 0.5) is 0 Å². The lowest BCUT2D eigenvalue weighted by Crippen LogP contribution is -2.22. The lowest BCUT2D eigenvalue weighted by Gasteiger charge is -2.28. The molecule has 0 saturated heterocycles. The molecule has 0 aliphatic carbocycles. The van der Waals surface area contributed by atoms with Gasteiger partial charge in [0.25, 0.3) is 0 Å². The molecule has 16 heavy (non-hydrogen) atoms. The molecule has 0 radical (unpaired) electrons. The standard InChI is InChI=1S/C13H18O2S/c1-9-6-11-12(15-5-4-14-11)7-10(9)13(2,3)8-16/h6-7,16H,4-5,8H2,1-3H3. The Morgan fingerprint density at radius 2 is 1.75 bits per heavy atom. The number of benzene rings is 1. The summed E-state index contributed by atoms with van der Waals surface area (Å²) in [6.07, 6.45) is 0. The lowest BCUT2D eigenvalue weighted by molar-refractivity contribution is 0.171. The van der Waals surface area contributed by atoms with Crippen LogP contribution in [0.2, 0.25) is 0 Å². The predicted molar refractivity (Wildman–Crippen MR) is 69.0 cm³/mol. The maximum atomic E-state index is 5.61. The van der Waals surface area contributed by atoms with E-state index in [2.05, 4.69) is 45.5 Å². The van der Waals surface area contributed by atoms with Crippen LogP contribution in [0.25, 0.3) is 0 Å². The van der Waals surface area contributed by atoms with Gasteiger partial charge in [-0.05, 0) is 41.4 Å². The van der Waals surface area contributed by atoms with E-state index in [0.29, 0.717) is 13.2 Å². The predicted octanol–water partition coefficient (Wildman–Crippen LogP) is 2.97. The minimum absolute atomic E-state index is 0.0586. The van der Waals surface area contributed by atoms with E-state index in [9.17, 15) is 0 Å². The number of ether oxygens (including phenoxy) is 2. The zero-order valence-electron chi connectivity index (χ0n) is 10.0. The Kier molecular flexibility index (Phi) is 3.06. The van der Waals surface area contributed by atoms with E-state index in [-0.39, 0.29) is 5.41 Å². The van der Waals surface area contributed by atoms with Crippen molar-refractivity contribution in [1.29, 1.82) is 0 Å². The zero-order chi connectivity index (χ0) is 11.8. The number of hydrogen-bond acceptors (Lipinski definition) is 3. The van der Waals surface area contributed by atoms with Gasteiger partial charge in [0.2, 0.25) is 0 Å². The van der Waals surface area contributed by atoms with Crippen LogP contribution in [-0.4, -0.2) is 19.0 Å². The molecule has 2 nitrogen and oxygen atoms in total. The first-order chi connectivity index (χ1) is 7.54. The number of fused-ring (bicyclic) bond motifs is 1. The highest BCUT2D eigenvalue weighted by Gasteiger charge is 2.24. The van der Waals surface area contributed by atoms with E-state index < -0.39 is 0 Å². The summed E-state index contributed by atoms with van der Waals surface area (Å²) in [5, 5.41) is 0. The Hall–Kier alpha value is -0.830. The molecule has 0 N–H and O–H groups in total. The summed E-state index contributed by atoms with van der Waals surface area (Å²) in [6.45, 7) is 7.77. The van der Waals surface area contributed by atoms with Gasteiger partial charge in [-0.25, -0.2) is 0 Å². The van der Waals surface area contributed by atoms with Gasteiger partial charge in [-0.15, -0.1) is 0 Å². The summed E-state index contributed by atoms with van der Waals surface area (Å²) in [5.41, 5.74) is 2.58. The molecule has 0 saturated carbocycles. The number of aryl methyl sites for hydroxylation is 1. The molecule has 0 spiro atoms. The molecule has 1 aromatic carbocycles. The molecule has 3 heteroatoms. The van der Waals surface area contributed by atoms with Gasteiger partial charge in [0.15, 0.2) is 11.5 Å².